The van der Waals surface area contributed by atoms with Crippen LogP contribution in [0.5, 0.6) is 0 Å². The first-order valence-electron chi connectivity index (χ1n) is 6.40. The van der Waals surface area contributed by atoms with Gasteiger partial charge in [0, 0.05) is 12.5 Å². The molecule has 1 amide bonds. The predicted molar refractivity (Wildman–Crippen MR) is 69.4 cm³/mol. The summed E-state index contributed by atoms with van der Waals surface area (Å²) in [7, 11) is 0. The Morgan fingerprint density at radius 3 is 2.47 bits per heavy atom. The van der Waals surface area contributed by atoms with E-state index in [9.17, 15) is 4.79 Å². The van der Waals surface area contributed by atoms with Crippen molar-refractivity contribution in [3.63, 3.8) is 0 Å². The normalized spacial score (nSPS) is 18.9. The highest BCUT2D eigenvalue weighted by molar-refractivity contribution is 5.79. The molecule has 0 bridgehead atoms. The third-order valence-electron chi connectivity index (χ3n) is 3.46. The second-order valence-corrected chi connectivity index (χ2v) is 5.51. The largest absolute Gasteiger partial charge is 0.331 e. The Hall–Kier alpha value is -1.31. The van der Waals surface area contributed by atoms with E-state index in [1.165, 1.54) is 11.1 Å². The van der Waals surface area contributed by atoms with Crippen LogP contribution in [0, 0.1) is 11.8 Å². The van der Waals surface area contributed by atoms with Crippen molar-refractivity contribution in [3.05, 3.63) is 35.4 Å². The number of hydrogen-bond acceptors (Lipinski definition) is 1. The first kappa shape index (κ1) is 12.2. The van der Waals surface area contributed by atoms with Crippen LogP contribution < -0.4 is 0 Å². The van der Waals surface area contributed by atoms with Gasteiger partial charge in [-0.05, 0) is 17.0 Å². The zero-order valence-electron chi connectivity index (χ0n) is 11.1. The molecule has 2 heteroatoms. The molecule has 1 heterocycles. The van der Waals surface area contributed by atoms with E-state index in [-0.39, 0.29) is 17.9 Å². The number of carbonyl (C=O) groups excluding carboxylic acids is 1. The summed E-state index contributed by atoms with van der Waals surface area (Å²) in [6.07, 6.45) is 0. The van der Waals surface area contributed by atoms with Gasteiger partial charge in [0.1, 0.15) is 0 Å². The van der Waals surface area contributed by atoms with Crippen molar-refractivity contribution < 1.29 is 4.79 Å². The Kier molecular flexibility index (Phi) is 3.23. The summed E-state index contributed by atoms with van der Waals surface area (Å²) in [6, 6.07) is 8.67. The molecular weight excluding hydrogens is 210 g/mol. The highest BCUT2D eigenvalue weighted by Crippen LogP contribution is 2.39. The molecule has 2 rings (SSSR count). The number of rotatable bonds is 2. The second kappa shape index (κ2) is 4.52. The van der Waals surface area contributed by atoms with Crippen LogP contribution in [-0.4, -0.2) is 10.8 Å². The zero-order valence-corrected chi connectivity index (χ0v) is 11.1. The molecule has 1 aromatic carbocycles. The van der Waals surface area contributed by atoms with E-state index in [0.29, 0.717) is 5.92 Å². The van der Waals surface area contributed by atoms with Crippen LogP contribution in [0.15, 0.2) is 24.3 Å². The molecule has 1 aliphatic rings. The van der Waals surface area contributed by atoms with Crippen LogP contribution in [0.25, 0.3) is 0 Å². The van der Waals surface area contributed by atoms with E-state index in [4.69, 9.17) is 0 Å². The van der Waals surface area contributed by atoms with Gasteiger partial charge >= 0.3 is 0 Å². The van der Waals surface area contributed by atoms with Crippen molar-refractivity contribution in [1.82, 2.24) is 4.90 Å². The van der Waals surface area contributed by atoms with Gasteiger partial charge in [-0.25, -0.2) is 0 Å². The van der Waals surface area contributed by atoms with E-state index in [0.717, 1.165) is 6.54 Å². The molecule has 0 saturated carbocycles. The van der Waals surface area contributed by atoms with Gasteiger partial charge in [0.25, 0.3) is 0 Å². The maximum Gasteiger partial charge on any atom is 0.225 e. The average Bonchev–Trinajstić information content (AvgIpc) is 2.66. The maximum atomic E-state index is 12.3. The van der Waals surface area contributed by atoms with Gasteiger partial charge in [0.15, 0.2) is 0 Å². The molecule has 1 aliphatic heterocycles. The van der Waals surface area contributed by atoms with Crippen molar-refractivity contribution in [2.45, 2.75) is 40.3 Å². The Bertz CT molecular complexity index is 423. The van der Waals surface area contributed by atoms with E-state index in [2.05, 4.69) is 38.1 Å². The van der Waals surface area contributed by atoms with Gasteiger partial charge in [0.2, 0.25) is 5.91 Å². The van der Waals surface area contributed by atoms with Gasteiger partial charge in [-0.1, -0.05) is 52.0 Å². The summed E-state index contributed by atoms with van der Waals surface area (Å²) >= 11 is 0. The van der Waals surface area contributed by atoms with Crippen LogP contribution in [-0.2, 0) is 11.3 Å². The monoisotopic (exact) mass is 231 g/mol. The molecule has 0 N–H and O–H groups in total. The number of hydrogen-bond donors (Lipinski definition) is 0. The highest BCUT2D eigenvalue weighted by atomic mass is 16.2. The van der Waals surface area contributed by atoms with Crippen LogP contribution in [0.2, 0.25) is 0 Å². The summed E-state index contributed by atoms with van der Waals surface area (Å²) in [6.45, 7) is 9.10. The van der Waals surface area contributed by atoms with Crippen LogP contribution in [0.1, 0.15) is 44.9 Å². The fourth-order valence-corrected chi connectivity index (χ4v) is 2.68. The minimum atomic E-state index is 0.0746. The zero-order chi connectivity index (χ0) is 12.6. The molecule has 1 aromatic rings. The van der Waals surface area contributed by atoms with E-state index in [1.807, 2.05) is 18.7 Å². The summed E-state index contributed by atoms with van der Waals surface area (Å²) < 4.78 is 0. The van der Waals surface area contributed by atoms with Crippen molar-refractivity contribution in [3.8, 4) is 0 Å². The third-order valence-corrected chi connectivity index (χ3v) is 3.46. The number of amides is 1. The van der Waals surface area contributed by atoms with Gasteiger partial charge < -0.3 is 4.90 Å². The van der Waals surface area contributed by atoms with Crippen molar-refractivity contribution in [2.24, 2.45) is 11.8 Å². The standard InChI is InChI=1S/C15H21NO/c1-10(2)14-13-8-6-5-7-12(13)9-16(14)15(17)11(3)4/h5-8,10-11,14H,9H2,1-4H3. The number of fused-ring (bicyclic) bond motifs is 1. The fraction of sp³-hybridized carbons (Fsp3) is 0.533. The molecule has 0 spiro atoms. The molecule has 1 atom stereocenters. The maximum absolute atomic E-state index is 12.3. The van der Waals surface area contributed by atoms with Crippen LogP contribution >= 0.6 is 0 Å². The van der Waals surface area contributed by atoms with Gasteiger partial charge in [-0.15, -0.1) is 0 Å². The summed E-state index contributed by atoms with van der Waals surface area (Å²) in [5.41, 5.74) is 2.64. The third kappa shape index (κ3) is 2.08. The first-order chi connectivity index (χ1) is 8.02. The molecule has 0 saturated heterocycles. The minimum absolute atomic E-state index is 0.0746. The number of nitrogens with zero attached hydrogens (tertiary/aromatic N) is 1. The van der Waals surface area contributed by atoms with E-state index in [1.54, 1.807) is 0 Å². The Morgan fingerprint density at radius 1 is 1.24 bits per heavy atom. The van der Waals surface area contributed by atoms with Crippen molar-refractivity contribution >= 4 is 5.91 Å². The fourth-order valence-electron chi connectivity index (χ4n) is 2.68. The first-order valence-corrected chi connectivity index (χ1v) is 6.40. The molecule has 17 heavy (non-hydrogen) atoms. The van der Waals surface area contributed by atoms with E-state index < -0.39 is 0 Å². The lowest BCUT2D eigenvalue weighted by atomic mass is 9.95. The Labute approximate surface area is 104 Å². The van der Waals surface area contributed by atoms with Gasteiger partial charge in [0.05, 0.1) is 6.04 Å². The summed E-state index contributed by atoms with van der Waals surface area (Å²) in [5, 5.41) is 0. The second-order valence-electron chi connectivity index (χ2n) is 5.51. The molecule has 0 radical (unpaired) electrons. The topological polar surface area (TPSA) is 20.3 Å². The lowest BCUT2D eigenvalue weighted by Gasteiger charge is -2.29. The molecule has 2 nitrogen and oxygen atoms in total. The summed E-state index contributed by atoms with van der Waals surface area (Å²) in [4.78, 5) is 14.3. The smallest absolute Gasteiger partial charge is 0.225 e. The molecule has 0 fully saturated rings. The lowest BCUT2D eigenvalue weighted by molar-refractivity contribution is -0.137. The minimum Gasteiger partial charge on any atom is -0.331 e. The quantitative estimate of drug-likeness (QED) is 0.764. The highest BCUT2D eigenvalue weighted by Gasteiger charge is 2.35. The van der Waals surface area contributed by atoms with Crippen molar-refractivity contribution in [2.75, 3.05) is 0 Å². The lowest BCUT2D eigenvalue weighted by Crippen LogP contribution is -2.35. The van der Waals surface area contributed by atoms with Crippen LogP contribution in [0.4, 0.5) is 0 Å². The molecule has 0 aliphatic carbocycles. The van der Waals surface area contributed by atoms with Gasteiger partial charge in [-0.3, -0.25) is 4.79 Å². The number of benzene rings is 1. The van der Waals surface area contributed by atoms with Crippen LogP contribution in [0.3, 0.4) is 0 Å². The SMILES string of the molecule is CC(C)C(=O)N1Cc2ccccc2C1C(C)C. The van der Waals surface area contributed by atoms with Crippen molar-refractivity contribution in [1.29, 1.82) is 0 Å². The Balaban J connectivity index is 2.36. The predicted octanol–water partition coefficient (Wildman–Crippen LogP) is 3.38. The number of carbonyl (C=O) groups is 1. The molecule has 92 valence electrons. The summed E-state index contributed by atoms with van der Waals surface area (Å²) in [5.74, 6) is 0.798. The molecule has 1 unspecified atom stereocenters. The average molecular weight is 231 g/mol. The molecular formula is C15H21NO. The molecule has 0 aromatic heterocycles. The van der Waals surface area contributed by atoms with Gasteiger partial charge in [-0.2, -0.15) is 0 Å². The Morgan fingerprint density at radius 2 is 1.88 bits per heavy atom. The van der Waals surface area contributed by atoms with E-state index >= 15 is 0 Å².